The molecular formula is C29H28ClN3O6S. The van der Waals surface area contributed by atoms with Crippen molar-refractivity contribution in [2.45, 2.75) is 24.8 Å². The van der Waals surface area contributed by atoms with E-state index in [1.165, 1.54) is 19.2 Å². The van der Waals surface area contributed by atoms with Crippen molar-refractivity contribution in [3.05, 3.63) is 101 Å². The first-order valence-electron chi connectivity index (χ1n) is 12.3. The van der Waals surface area contributed by atoms with Gasteiger partial charge in [-0.2, -0.15) is 0 Å². The van der Waals surface area contributed by atoms with Gasteiger partial charge in [-0.25, -0.2) is 13.1 Å². The minimum Gasteiger partial charge on any atom is -0.496 e. The minimum absolute atomic E-state index is 0.0273. The second-order valence-corrected chi connectivity index (χ2v) is 10.7. The molecule has 0 aliphatic rings. The van der Waals surface area contributed by atoms with Crippen molar-refractivity contribution in [2.75, 3.05) is 19.0 Å². The Morgan fingerprint density at radius 3 is 2.52 bits per heavy atom. The summed E-state index contributed by atoms with van der Waals surface area (Å²) in [5, 5.41) is 3.16. The van der Waals surface area contributed by atoms with Crippen molar-refractivity contribution < 1.29 is 27.4 Å². The molecule has 3 aromatic carbocycles. The fourth-order valence-electron chi connectivity index (χ4n) is 3.79. The van der Waals surface area contributed by atoms with Crippen molar-refractivity contribution >= 4 is 33.2 Å². The number of ether oxygens (including phenoxy) is 3. The van der Waals surface area contributed by atoms with Crippen molar-refractivity contribution in [2.24, 2.45) is 0 Å². The average Bonchev–Trinajstić information content (AvgIpc) is 2.93. The molecule has 0 radical (unpaired) electrons. The fraction of sp³-hybridized carbons (Fsp3) is 0.172. The van der Waals surface area contributed by atoms with Gasteiger partial charge in [0.15, 0.2) is 0 Å². The van der Waals surface area contributed by atoms with Crippen LogP contribution >= 0.6 is 11.6 Å². The number of carbonyl (C=O) groups is 1. The van der Waals surface area contributed by atoms with Crippen molar-refractivity contribution in [1.82, 2.24) is 9.71 Å². The lowest BCUT2D eigenvalue weighted by Crippen LogP contribution is -2.24. The number of rotatable bonds is 12. The van der Waals surface area contributed by atoms with Crippen LogP contribution in [0.15, 0.2) is 90.0 Å². The summed E-state index contributed by atoms with van der Waals surface area (Å²) >= 11 is 6.08. The SMILES string of the molecule is CCOc1ccc(CNS(=O)(=O)c2cc(NC(=O)Cc3ccccn3)ccc2Oc2cccc(Cl)c2)c(OC)c1. The van der Waals surface area contributed by atoms with Crippen LogP contribution in [0.25, 0.3) is 0 Å². The number of sulfonamides is 1. The largest absolute Gasteiger partial charge is 0.496 e. The Kier molecular flexibility index (Phi) is 9.60. The number of halogens is 1. The first kappa shape index (κ1) is 28.9. The molecule has 0 unspecified atom stereocenters. The summed E-state index contributed by atoms with van der Waals surface area (Å²) in [5.41, 5.74) is 1.46. The molecule has 4 aromatic rings. The zero-order valence-corrected chi connectivity index (χ0v) is 23.5. The van der Waals surface area contributed by atoms with Gasteiger partial charge in [-0.3, -0.25) is 9.78 Å². The van der Waals surface area contributed by atoms with E-state index in [0.717, 1.165) is 0 Å². The Morgan fingerprint density at radius 1 is 0.950 bits per heavy atom. The van der Waals surface area contributed by atoms with Gasteiger partial charge in [0.1, 0.15) is 27.9 Å². The first-order chi connectivity index (χ1) is 19.3. The highest BCUT2D eigenvalue weighted by atomic mass is 35.5. The van der Waals surface area contributed by atoms with Gasteiger partial charge in [-0.15, -0.1) is 0 Å². The van der Waals surface area contributed by atoms with E-state index in [1.54, 1.807) is 72.9 Å². The molecule has 0 fully saturated rings. The number of methoxy groups -OCH3 is 1. The van der Waals surface area contributed by atoms with Crippen LogP contribution in [0.4, 0.5) is 5.69 Å². The molecule has 0 saturated heterocycles. The smallest absolute Gasteiger partial charge is 0.244 e. The number of carbonyl (C=O) groups excluding carboxylic acids is 1. The molecule has 0 atom stereocenters. The molecule has 0 bridgehead atoms. The molecule has 40 heavy (non-hydrogen) atoms. The number of anilines is 1. The Bertz CT molecular complexity index is 1580. The third-order valence-electron chi connectivity index (χ3n) is 5.63. The molecule has 11 heteroatoms. The second-order valence-electron chi connectivity index (χ2n) is 8.50. The molecule has 0 aliphatic carbocycles. The Balaban J connectivity index is 1.61. The van der Waals surface area contributed by atoms with Crippen LogP contribution in [0, 0.1) is 0 Å². The van der Waals surface area contributed by atoms with Gasteiger partial charge in [-0.05, 0) is 61.5 Å². The predicted octanol–water partition coefficient (Wildman–Crippen LogP) is 5.59. The summed E-state index contributed by atoms with van der Waals surface area (Å²) in [4.78, 5) is 16.6. The quantitative estimate of drug-likeness (QED) is 0.224. The lowest BCUT2D eigenvalue weighted by atomic mass is 10.2. The van der Waals surface area contributed by atoms with Crippen LogP contribution in [0.1, 0.15) is 18.2 Å². The molecule has 0 saturated carbocycles. The molecule has 2 N–H and O–H groups in total. The van der Waals surface area contributed by atoms with E-state index in [9.17, 15) is 13.2 Å². The Morgan fingerprint density at radius 2 is 1.80 bits per heavy atom. The zero-order chi connectivity index (χ0) is 28.5. The molecule has 0 aliphatic heterocycles. The molecule has 1 heterocycles. The van der Waals surface area contributed by atoms with Crippen molar-refractivity contribution in [1.29, 1.82) is 0 Å². The van der Waals surface area contributed by atoms with Gasteiger partial charge in [0, 0.05) is 40.8 Å². The molecule has 0 spiro atoms. The van der Waals surface area contributed by atoms with E-state index < -0.39 is 10.0 Å². The standard InChI is InChI=1S/C29H28ClN3O6S/c1-3-38-24-12-10-20(27(18-24)37-2)19-32-40(35,36)28-16-23(33-29(34)17-22-8-4-5-14-31-22)11-13-26(28)39-25-9-6-7-21(30)15-25/h4-16,18,32H,3,17,19H2,1-2H3,(H,33,34). The van der Waals surface area contributed by atoms with E-state index >= 15 is 0 Å². The number of nitrogens with zero attached hydrogens (tertiary/aromatic N) is 1. The number of amides is 1. The van der Waals surface area contributed by atoms with Crippen LogP contribution in [-0.2, 0) is 27.8 Å². The van der Waals surface area contributed by atoms with E-state index in [0.29, 0.717) is 40.1 Å². The molecule has 9 nitrogen and oxygen atoms in total. The van der Waals surface area contributed by atoms with Crippen molar-refractivity contribution in [3.8, 4) is 23.0 Å². The number of hydrogen-bond donors (Lipinski definition) is 2. The van der Waals surface area contributed by atoms with Crippen LogP contribution in [0.5, 0.6) is 23.0 Å². The number of benzene rings is 3. The summed E-state index contributed by atoms with van der Waals surface area (Å²) in [7, 11) is -2.64. The van der Waals surface area contributed by atoms with Crippen LogP contribution < -0.4 is 24.2 Å². The third-order valence-corrected chi connectivity index (χ3v) is 7.29. The zero-order valence-electron chi connectivity index (χ0n) is 21.9. The van der Waals surface area contributed by atoms with Crippen LogP contribution in [0.3, 0.4) is 0 Å². The van der Waals surface area contributed by atoms with Crippen LogP contribution in [-0.4, -0.2) is 33.0 Å². The van der Waals surface area contributed by atoms with Gasteiger partial charge < -0.3 is 19.5 Å². The van der Waals surface area contributed by atoms with Gasteiger partial charge >= 0.3 is 0 Å². The lowest BCUT2D eigenvalue weighted by Gasteiger charge is -2.16. The summed E-state index contributed by atoms with van der Waals surface area (Å²) in [5.74, 6) is 1.13. The predicted molar refractivity (Wildman–Crippen MR) is 153 cm³/mol. The highest BCUT2D eigenvalue weighted by molar-refractivity contribution is 7.89. The maximum absolute atomic E-state index is 13.6. The van der Waals surface area contributed by atoms with E-state index in [2.05, 4.69) is 15.0 Å². The van der Waals surface area contributed by atoms with E-state index in [-0.39, 0.29) is 35.2 Å². The average molecular weight is 582 g/mol. The van der Waals surface area contributed by atoms with E-state index in [4.69, 9.17) is 25.8 Å². The number of hydrogen-bond acceptors (Lipinski definition) is 7. The third kappa shape index (κ3) is 7.72. The van der Waals surface area contributed by atoms with Crippen molar-refractivity contribution in [3.63, 3.8) is 0 Å². The highest BCUT2D eigenvalue weighted by Gasteiger charge is 2.22. The van der Waals surface area contributed by atoms with Gasteiger partial charge in [0.25, 0.3) is 0 Å². The summed E-state index contributed by atoms with van der Waals surface area (Å²) in [6.45, 7) is 2.29. The minimum atomic E-state index is -4.14. The Hall–Kier alpha value is -4.12. The molecule has 4 rings (SSSR count). The Labute approximate surface area is 238 Å². The van der Waals surface area contributed by atoms with Gasteiger partial charge in [0.05, 0.1) is 20.1 Å². The number of pyridine rings is 1. The second kappa shape index (κ2) is 13.3. The summed E-state index contributed by atoms with van der Waals surface area (Å²) in [6, 6.07) is 21.4. The van der Waals surface area contributed by atoms with Gasteiger partial charge in [-0.1, -0.05) is 29.8 Å². The molecular weight excluding hydrogens is 554 g/mol. The molecule has 208 valence electrons. The molecule has 1 aromatic heterocycles. The number of aromatic nitrogens is 1. The van der Waals surface area contributed by atoms with E-state index in [1.807, 2.05) is 6.92 Å². The summed E-state index contributed by atoms with van der Waals surface area (Å²) < 4.78 is 46.6. The normalized spacial score (nSPS) is 11.1. The monoisotopic (exact) mass is 581 g/mol. The van der Waals surface area contributed by atoms with Crippen LogP contribution in [0.2, 0.25) is 5.02 Å². The van der Waals surface area contributed by atoms with Gasteiger partial charge in [0.2, 0.25) is 15.9 Å². The maximum Gasteiger partial charge on any atom is 0.244 e. The topological polar surface area (TPSA) is 116 Å². The summed E-state index contributed by atoms with van der Waals surface area (Å²) in [6.07, 6.45) is 1.62. The highest BCUT2D eigenvalue weighted by Crippen LogP contribution is 2.33. The first-order valence-corrected chi connectivity index (χ1v) is 14.2. The fourth-order valence-corrected chi connectivity index (χ4v) is 5.13. The lowest BCUT2D eigenvalue weighted by molar-refractivity contribution is -0.115. The number of nitrogens with one attached hydrogen (secondary N) is 2. The molecule has 1 amide bonds. The maximum atomic E-state index is 13.6.